The smallest absolute Gasteiger partial charge is 0.256 e. The minimum Gasteiger partial charge on any atom is -0.497 e. The predicted octanol–water partition coefficient (Wildman–Crippen LogP) is 5.15. The van der Waals surface area contributed by atoms with Crippen LogP contribution in [0.2, 0.25) is 5.02 Å². The lowest BCUT2D eigenvalue weighted by Gasteiger charge is -2.06. The Bertz CT molecular complexity index is 1220. The summed E-state index contributed by atoms with van der Waals surface area (Å²) in [5.41, 5.74) is 2.05. The van der Waals surface area contributed by atoms with Gasteiger partial charge in [0.1, 0.15) is 5.75 Å². The maximum absolute atomic E-state index is 12.7. The van der Waals surface area contributed by atoms with E-state index in [1.165, 1.54) is 0 Å². The highest BCUT2D eigenvalue weighted by Crippen LogP contribution is 2.29. The molecule has 7 heteroatoms. The Balaban J connectivity index is 1.82. The Kier molecular flexibility index (Phi) is 5.11. The average molecular weight is 409 g/mol. The van der Waals surface area contributed by atoms with Crippen molar-refractivity contribution >= 4 is 45.3 Å². The molecule has 0 fully saturated rings. The zero-order valence-electron chi connectivity index (χ0n) is 16.4. The molecule has 0 unspecified atom stereocenters. The number of halogens is 1. The number of pyridine rings is 1. The topological polar surface area (TPSA) is 69.0 Å². The highest BCUT2D eigenvalue weighted by atomic mass is 35.5. The first-order valence-corrected chi connectivity index (χ1v) is 9.74. The number of carbonyl (C=O) groups is 1. The van der Waals surface area contributed by atoms with E-state index >= 15 is 0 Å². The molecule has 0 atom stereocenters. The van der Waals surface area contributed by atoms with Crippen LogP contribution in [0.1, 0.15) is 24.2 Å². The molecule has 6 nitrogen and oxygen atoms in total. The van der Waals surface area contributed by atoms with E-state index in [0.29, 0.717) is 28.9 Å². The number of nitrogens with zero attached hydrogens (tertiary/aromatic N) is 3. The molecule has 0 aliphatic heterocycles. The van der Waals surface area contributed by atoms with E-state index in [4.69, 9.17) is 21.3 Å². The molecule has 2 aromatic heterocycles. The van der Waals surface area contributed by atoms with Crippen LogP contribution in [-0.2, 0) is 6.54 Å². The molecule has 0 aliphatic carbocycles. The van der Waals surface area contributed by atoms with Gasteiger partial charge in [0.2, 0.25) is 0 Å². The molecular formula is C22H21ClN4O2. The van der Waals surface area contributed by atoms with Gasteiger partial charge in [-0.1, -0.05) is 31.5 Å². The lowest BCUT2D eigenvalue weighted by atomic mass is 10.1. The zero-order valence-corrected chi connectivity index (χ0v) is 17.2. The maximum atomic E-state index is 12.7. The van der Waals surface area contributed by atoms with Crippen molar-refractivity contribution in [3.63, 3.8) is 0 Å². The van der Waals surface area contributed by atoms with Crippen molar-refractivity contribution in [2.45, 2.75) is 20.4 Å². The minimum absolute atomic E-state index is 0.269. The summed E-state index contributed by atoms with van der Waals surface area (Å²) in [6.07, 6.45) is 0. The molecule has 0 spiro atoms. The number of hydrogen-bond donors (Lipinski definition) is 1. The van der Waals surface area contributed by atoms with Crippen molar-refractivity contribution in [1.82, 2.24) is 14.8 Å². The summed E-state index contributed by atoms with van der Waals surface area (Å²) in [7, 11) is 1.63. The van der Waals surface area contributed by atoms with Gasteiger partial charge in [-0.3, -0.25) is 4.79 Å². The van der Waals surface area contributed by atoms with Gasteiger partial charge in [0.15, 0.2) is 11.5 Å². The third-order valence-corrected chi connectivity index (χ3v) is 4.81. The van der Waals surface area contributed by atoms with Gasteiger partial charge in [-0.25, -0.2) is 9.67 Å². The summed E-state index contributed by atoms with van der Waals surface area (Å²) in [5.74, 6) is 1.33. The summed E-state index contributed by atoms with van der Waals surface area (Å²) < 4.78 is 7.17. The lowest BCUT2D eigenvalue weighted by Crippen LogP contribution is -2.13. The second-order valence-electron chi connectivity index (χ2n) is 7.31. The molecule has 29 heavy (non-hydrogen) atoms. The third kappa shape index (κ3) is 3.89. The molecule has 1 amide bonds. The molecule has 148 valence electrons. The van der Waals surface area contributed by atoms with Gasteiger partial charge >= 0.3 is 0 Å². The number of carbonyl (C=O) groups excluding carboxylic acids is 1. The normalized spacial score (nSPS) is 11.3. The van der Waals surface area contributed by atoms with Crippen molar-refractivity contribution in [3.05, 3.63) is 59.1 Å². The second-order valence-corrected chi connectivity index (χ2v) is 7.74. The molecule has 2 aromatic carbocycles. The van der Waals surface area contributed by atoms with Crippen LogP contribution in [-0.4, -0.2) is 27.8 Å². The Morgan fingerprint density at radius 1 is 1.21 bits per heavy atom. The number of methoxy groups -OCH3 is 1. The van der Waals surface area contributed by atoms with Crippen LogP contribution in [0.3, 0.4) is 0 Å². The lowest BCUT2D eigenvalue weighted by molar-refractivity contribution is 0.102. The predicted molar refractivity (Wildman–Crippen MR) is 116 cm³/mol. The van der Waals surface area contributed by atoms with Crippen molar-refractivity contribution in [2.24, 2.45) is 5.92 Å². The number of benzene rings is 2. The van der Waals surface area contributed by atoms with Crippen molar-refractivity contribution < 1.29 is 9.53 Å². The number of nitrogens with one attached hydrogen (secondary N) is 1. The van der Waals surface area contributed by atoms with E-state index in [2.05, 4.69) is 24.3 Å². The molecule has 1 N–H and O–H groups in total. The third-order valence-electron chi connectivity index (χ3n) is 4.58. The largest absolute Gasteiger partial charge is 0.497 e. The van der Waals surface area contributed by atoms with Gasteiger partial charge in [-0.05, 0) is 48.4 Å². The van der Waals surface area contributed by atoms with Gasteiger partial charge in [-0.2, -0.15) is 5.10 Å². The monoisotopic (exact) mass is 408 g/mol. The fourth-order valence-corrected chi connectivity index (χ4v) is 3.43. The quantitative estimate of drug-likeness (QED) is 0.495. The summed E-state index contributed by atoms with van der Waals surface area (Å²) in [6.45, 7) is 4.92. The Hall–Kier alpha value is -3.12. The average Bonchev–Trinajstić information content (AvgIpc) is 3.01. The summed E-state index contributed by atoms with van der Waals surface area (Å²) in [6, 6.07) is 14.5. The number of aromatic nitrogens is 3. The molecule has 4 aromatic rings. The first-order chi connectivity index (χ1) is 13.9. The van der Waals surface area contributed by atoms with E-state index in [9.17, 15) is 4.79 Å². The number of hydrogen-bond acceptors (Lipinski definition) is 4. The van der Waals surface area contributed by atoms with E-state index < -0.39 is 0 Å². The molecule has 0 aliphatic rings. The second kappa shape index (κ2) is 7.72. The van der Waals surface area contributed by atoms with E-state index in [1.807, 2.05) is 28.9 Å². The Morgan fingerprint density at radius 3 is 2.76 bits per heavy atom. The van der Waals surface area contributed by atoms with Crippen LogP contribution in [0.15, 0.2) is 48.5 Å². The Morgan fingerprint density at radius 2 is 2.03 bits per heavy atom. The zero-order chi connectivity index (χ0) is 20.5. The number of rotatable bonds is 5. The van der Waals surface area contributed by atoms with Gasteiger partial charge in [-0.15, -0.1) is 0 Å². The fourth-order valence-electron chi connectivity index (χ4n) is 3.24. The number of fused-ring (bicyclic) bond motifs is 2. The molecule has 4 rings (SSSR count). The van der Waals surface area contributed by atoms with Crippen LogP contribution < -0.4 is 10.1 Å². The highest BCUT2D eigenvalue weighted by molar-refractivity contribution is 6.31. The molecular weight excluding hydrogens is 388 g/mol. The Labute approximate surface area is 173 Å². The van der Waals surface area contributed by atoms with Crippen LogP contribution in [0.5, 0.6) is 5.75 Å². The molecule has 0 saturated heterocycles. The minimum atomic E-state index is -0.269. The van der Waals surface area contributed by atoms with Gasteiger partial charge < -0.3 is 10.1 Å². The van der Waals surface area contributed by atoms with Crippen LogP contribution in [0.4, 0.5) is 5.82 Å². The summed E-state index contributed by atoms with van der Waals surface area (Å²) in [4.78, 5) is 17.5. The van der Waals surface area contributed by atoms with Crippen molar-refractivity contribution in [2.75, 3.05) is 12.4 Å². The summed E-state index contributed by atoms with van der Waals surface area (Å²) >= 11 is 6.02. The standard InChI is InChI=1S/C22H21ClN4O2/c1-13(2)12-27-21-18(11-15-10-17(29-3)7-8-19(15)24-21)20(26-27)25-22(28)14-5-4-6-16(23)9-14/h4-11,13H,12H2,1-3H3,(H,25,26,28). The summed E-state index contributed by atoms with van der Waals surface area (Å²) in [5, 5.41) is 9.76. The first kappa shape index (κ1) is 19.2. The highest BCUT2D eigenvalue weighted by Gasteiger charge is 2.17. The SMILES string of the molecule is COc1ccc2nc3c(cc2c1)c(NC(=O)c1cccc(Cl)c1)nn3CC(C)C. The van der Waals surface area contributed by atoms with E-state index in [1.54, 1.807) is 31.4 Å². The van der Waals surface area contributed by atoms with E-state index in [-0.39, 0.29) is 5.91 Å². The van der Waals surface area contributed by atoms with Gasteiger partial charge in [0.05, 0.1) is 18.0 Å². The molecule has 2 heterocycles. The molecule has 0 bridgehead atoms. The number of ether oxygens (including phenoxy) is 1. The van der Waals surface area contributed by atoms with Gasteiger partial charge in [0, 0.05) is 22.5 Å². The molecule has 0 radical (unpaired) electrons. The van der Waals surface area contributed by atoms with E-state index in [0.717, 1.165) is 27.7 Å². The van der Waals surface area contributed by atoms with Crippen molar-refractivity contribution in [3.8, 4) is 5.75 Å². The van der Waals surface area contributed by atoms with Crippen LogP contribution in [0.25, 0.3) is 21.9 Å². The van der Waals surface area contributed by atoms with Crippen LogP contribution >= 0.6 is 11.6 Å². The first-order valence-electron chi connectivity index (χ1n) is 9.37. The number of amides is 1. The van der Waals surface area contributed by atoms with Gasteiger partial charge in [0.25, 0.3) is 5.91 Å². The van der Waals surface area contributed by atoms with Crippen molar-refractivity contribution in [1.29, 1.82) is 0 Å². The maximum Gasteiger partial charge on any atom is 0.256 e. The molecule has 0 saturated carbocycles. The van der Waals surface area contributed by atoms with Crippen LogP contribution in [0, 0.1) is 5.92 Å². The fraction of sp³-hybridized carbons (Fsp3) is 0.227. The number of anilines is 1.